The van der Waals surface area contributed by atoms with Gasteiger partial charge in [0.2, 0.25) is 0 Å². The number of methoxy groups -OCH3 is 2. The Labute approximate surface area is 104 Å². The number of ether oxygens (including phenoxy) is 2. The van der Waals surface area contributed by atoms with Gasteiger partial charge in [0.25, 0.3) is 0 Å². The minimum atomic E-state index is -0.565. The number of rotatable bonds is 6. The van der Waals surface area contributed by atoms with Crippen LogP contribution in [-0.4, -0.2) is 37.6 Å². The van der Waals surface area contributed by atoms with Crippen LogP contribution in [0.1, 0.15) is 38.5 Å². The number of nitrogens with zero attached hydrogens (tertiary/aromatic N) is 1. The SMILES string of the molecule is COCCCc1nc(C(=O)OC)c(C(C)=O)s1. The molecule has 1 rings (SSSR count). The van der Waals surface area contributed by atoms with E-state index in [2.05, 4.69) is 9.72 Å². The van der Waals surface area contributed by atoms with Crippen LogP contribution in [0, 0.1) is 0 Å². The Morgan fingerprint density at radius 3 is 2.59 bits per heavy atom. The molecule has 0 aliphatic carbocycles. The van der Waals surface area contributed by atoms with E-state index in [1.165, 1.54) is 25.4 Å². The van der Waals surface area contributed by atoms with Crippen LogP contribution in [0.5, 0.6) is 0 Å². The lowest BCUT2D eigenvalue weighted by atomic mass is 10.3. The number of carbonyl (C=O) groups excluding carboxylic acids is 2. The zero-order chi connectivity index (χ0) is 12.8. The van der Waals surface area contributed by atoms with E-state index < -0.39 is 5.97 Å². The number of esters is 1. The average molecular weight is 257 g/mol. The highest BCUT2D eigenvalue weighted by Gasteiger charge is 2.21. The Balaban J connectivity index is 2.88. The van der Waals surface area contributed by atoms with E-state index in [-0.39, 0.29) is 11.5 Å². The zero-order valence-electron chi connectivity index (χ0n) is 10.1. The Kier molecular flexibility index (Phi) is 5.24. The molecule has 1 aromatic rings. The van der Waals surface area contributed by atoms with Crippen molar-refractivity contribution in [3.8, 4) is 0 Å². The molecule has 17 heavy (non-hydrogen) atoms. The van der Waals surface area contributed by atoms with E-state index >= 15 is 0 Å². The Morgan fingerprint density at radius 2 is 2.06 bits per heavy atom. The molecular formula is C11H15NO4S. The summed E-state index contributed by atoms with van der Waals surface area (Å²) in [5.41, 5.74) is 0.123. The maximum atomic E-state index is 11.4. The van der Waals surface area contributed by atoms with Crippen molar-refractivity contribution in [1.29, 1.82) is 0 Å². The van der Waals surface area contributed by atoms with Crippen molar-refractivity contribution < 1.29 is 19.1 Å². The number of hydrogen-bond donors (Lipinski definition) is 0. The molecule has 94 valence electrons. The molecule has 0 fully saturated rings. The monoisotopic (exact) mass is 257 g/mol. The highest BCUT2D eigenvalue weighted by Crippen LogP contribution is 2.21. The lowest BCUT2D eigenvalue weighted by Gasteiger charge is -1.95. The van der Waals surface area contributed by atoms with Crippen LogP contribution in [0.25, 0.3) is 0 Å². The van der Waals surface area contributed by atoms with E-state index in [9.17, 15) is 9.59 Å². The van der Waals surface area contributed by atoms with Gasteiger partial charge in [-0.25, -0.2) is 9.78 Å². The van der Waals surface area contributed by atoms with Gasteiger partial charge >= 0.3 is 5.97 Å². The Morgan fingerprint density at radius 1 is 1.35 bits per heavy atom. The first kappa shape index (κ1) is 13.8. The molecule has 0 radical (unpaired) electrons. The van der Waals surface area contributed by atoms with E-state index in [0.717, 1.165) is 11.4 Å². The van der Waals surface area contributed by atoms with Crippen LogP contribution < -0.4 is 0 Å². The minimum absolute atomic E-state index is 0.123. The summed E-state index contributed by atoms with van der Waals surface area (Å²) in [4.78, 5) is 27.3. The van der Waals surface area contributed by atoms with Crippen molar-refractivity contribution in [2.75, 3.05) is 20.8 Å². The molecule has 0 unspecified atom stereocenters. The Hall–Kier alpha value is -1.27. The van der Waals surface area contributed by atoms with E-state index in [0.29, 0.717) is 17.9 Å². The number of hydrogen-bond acceptors (Lipinski definition) is 6. The molecule has 0 N–H and O–H groups in total. The maximum absolute atomic E-state index is 11.4. The van der Waals surface area contributed by atoms with Gasteiger partial charge in [0.05, 0.1) is 12.1 Å². The van der Waals surface area contributed by atoms with Crippen molar-refractivity contribution in [2.45, 2.75) is 19.8 Å². The topological polar surface area (TPSA) is 65.5 Å². The molecule has 5 nitrogen and oxygen atoms in total. The zero-order valence-corrected chi connectivity index (χ0v) is 10.9. The minimum Gasteiger partial charge on any atom is -0.464 e. The second kappa shape index (κ2) is 6.46. The largest absolute Gasteiger partial charge is 0.464 e. The van der Waals surface area contributed by atoms with Gasteiger partial charge in [0, 0.05) is 27.1 Å². The highest BCUT2D eigenvalue weighted by molar-refractivity contribution is 7.14. The van der Waals surface area contributed by atoms with Gasteiger partial charge in [-0.3, -0.25) is 4.79 Å². The van der Waals surface area contributed by atoms with Gasteiger partial charge in [-0.15, -0.1) is 11.3 Å². The summed E-state index contributed by atoms with van der Waals surface area (Å²) in [6.07, 6.45) is 1.50. The van der Waals surface area contributed by atoms with Gasteiger partial charge in [-0.05, 0) is 6.42 Å². The average Bonchev–Trinajstić information content (AvgIpc) is 2.73. The van der Waals surface area contributed by atoms with Crippen LogP contribution in [0.2, 0.25) is 0 Å². The molecule has 6 heteroatoms. The fourth-order valence-corrected chi connectivity index (χ4v) is 2.30. The molecule has 0 aromatic carbocycles. The summed E-state index contributed by atoms with van der Waals surface area (Å²) in [5, 5.41) is 0.757. The first-order valence-corrected chi connectivity index (χ1v) is 5.99. The van der Waals surface area contributed by atoms with Gasteiger partial charge in [0.1, 0.15) is 4.88 Å². The smallest absolute Gasteiger partial charge is 0.358 e. The third-order valence-electron chi connectivity index (χ3n) is 2.11. The number of aryl methyl sites for hydroxylation is 1. The van der Waals surface area contributed by atoms with Crippen LogP contribution in [-0.2, 0) is 15.9 Å². The van der Waals surface area contributed by atoms with Crippen molar-refractivity contribution in [3.05, 3.63) is 15.6 Å². The van der Waals surface area contributed by atoms with E-state index in [4.69, 9.17) is 4.74 Å². The molecule has 0 saturated heterocycles. The summed E-state index contributed by atoms with van der Waals surface area (Å²) in [5.74, 6) is -0.731. The van der Waals surface area contributed by atoms with Gasteiger partial charge < -0.3 is 9.47 Å². The van der Waals surface area contributed by atoms with Crippen LogP contribution in [0.3, 0.4) is 0 Å². The molecule has 1 heterocycles. The molecule has 0 amide bonds. The van der Waals surface area contributed by atoms with E-state index in [1.54, 1.807) is 7.11 Å². The first-order chi connectivity index (χ1) is 8.10. The number of ketones is 1. The normalized spacial score (nSPS) is 10.3. The van der Waals surface area contributed by atoms with Crippen molar-refractivity contribution in [1.82, 2.24) is 4.98 Å². The van der Waals surface area contributed by atoms with Gasteiger partial charge in [-0.2, -0.15) is 0 Å². The second-order valence-corrected chi connectivity index (χ2v) is 4.51. The molecule has 0 bridgehead atoms. The van der Waals surface area contributed by atoms with Crippen molar-refractivity contribution in [3.63, 3.8) is 0 Å². The van der Waals surface area contributed by atoms with Crippen LogP contribution in [0.15, 0.2) is 0 Å². The summed E-state index contributed by atoms with van der Waals surface area (Å²) in [6.45, 7) is 2.04. The predicted octanol–water partition coefficient (Wildman–Crippen LogP) is 1.71. The molecule has 0 aliphatic heterocycles. The van der Waals surface area contributed by atoms with E-state index in [1.807, 2.05) is 0 Å². The summed E-state index contributed by atoms with van der Waals surface area (Å²) >= 11 is 1.24. The molecule has 0 spiro atoms. The van der Waals surface area contributed by atoms with Gasteiger partial charge in [-0.1, -0.05) is 0 Å². The lowest BCUT2D eigenvalue weighted by molar-refractivity contribution is 0.0591. The summed E-state index contributed by atoms with van der Waals surface area (Å²) in [6, 6.07) is 0. The quantitative estimate of drug-likeness (QED) is 0.441. The van der Waals surface area contributed by atoms with Gasteiger partial charge in [0.15, 0.2) is 11.5 Å². The van der Waals surface area contributed by atoms with Crippen molar-refractivity contribution in [2.24, 2.45) is 0 Å². The first-order valence-electron chi connectivity index (χ1n) is 5.18. The fourth-order valence-electron chi connectivity index (χ4n) is 1.31. The number of carbonyl (C=O) groups is 2. The predicted molar refractivity (Wildman–Crippen MR) is 63.7 cm³/mol. The molecule has 0 saturated carbocycles. The molecular weight excluding hydrogens is 242 g/mol. The molecule has 0 aliphatic rings. The third kappa shape index (κ3) is 3.61. The molecule has 1 aromatic heterocycles. The fraction of sp³-hybridized carbons (Fsp3) is 0.545. The van der Waals surface area contributed by atoms with Crippen LogP contribution >= 0.6 is 11.3 Å². The number of Topliss-reactive ketones (excluding diaryl/α,β-unsaturated/α-hetero) is 1. The Bertz CT molecular complexity index is 414. The summed E-state index contributed by atoms with van der Waals surface area (Å²) < 4.78 is 9.53. The third-order valence-corrected chi connectivity index (χ3v) is 3.33. The highest BCUT2D eigenvalue weighted by atomic mass is 32.1. The van der Waals surface area contributed by atoms with Crippen LogP contribution in [0.4, 0.5) is 0 Å². The van der Waals surface area contributed by atoms with Crippen molar-refractivity contribution >= 4 is 23.1 Å². The maximum Gasteiger partial charge on any atom is 0.358 e. The standard InChI is InChI=1S/C11H15NO4S/c1-7(13)10-9(11(14)16-3)12-8(17-10)5-4-6-15-2/h4-6H2,1-3H3. The molecule has 0 atom stereocenters. The number of thiazole rings is 1. The summed E-state index contributed by atoms with van der Waals surface area (Å²) in [7, 11) is 2.90. The lowest BCUT2D eigenvalue weighted by Crippen LogP contribution is -2.07. The number of aromatic nitrogens is 1. The second-order valence-electron chi connectivity index (χ2n) is 3.43.